The van der Waals surface area contributed by atoms with Crippen molar-refractivity contribution < 1.29 is 4.79 Å². The van der Waals surface area contributed by atoms with E-state index >= 15 is 0 Å². The van der Waals surface area contributed by atoms with Crippen molar-refractivity contribution in [3.05, 3.63) is 48.0 Å². The normalized spacial score (nSPS) is 19.0. The van der Waals surface area contributed by atoms with Crippen LogP contribution in [0.5, 0.6) is 0 Å². The van der Waals surface area contributed by atoms with E-state index in [1.807, 2.05) is 11.8 Å². The maximum absolute atomic E-state index is 12.5. The summed E-state index contributed by atoms with van der Waals surface area (Å²) in [5, 5.41) is 7.00. The molecule has 2 rings (SSSR count). The van der Waals surface area contributed by atoms with E-state index in [1.54, 1.807) is 0 Å². The number of carbonyl (C=O) groups excluding carboxylic acids is 1. The van der Waals surface area contributed by atoms with Gasteiger partial charge in [0.2, 0.25) is 5.91 Å². The molecule has 1 aromatic carbocycles. The Hall–Kier alpha value is -1.26. The van der Waals surface area contributed by atoms with Gasteiger partial charge in [-0.3, -0.25) is 10.1 Å². The first-order valence-electron chi connectivity index (χ1n) is 14.1. The molecule has 2 unspecified atom stereocenters. The molecule has 1 amide bonds. The van der Waals surface area contributed by atoms with E-state index in [9.17, 15) is 4.79 Å². The molecule has 1 aliphatic heterocycles. The Labute approximate surface area is 214 Å². The highest BCUT2D eigenvalue weighted by molar-refractivity contribution is 8.00. The Morgan fingerprint density at radius 2 is 1.53 bits per heavy atom. The summed E-state index contributed by atoms with van der Waals surface area (Å²) in [4.78, 5) is 12.5. The van der Waals surface area contributed by atoms with Crippen LogP contribution in [-0.2, 0) is 4.79 Å². The maximum Gasteiger partial charge on any atom is 0.238 e. The number of nitrogens with one attached hydrogen (secondary N) is 2. The van der Waals surface area contributed by atoms with Gasteiger partial charge >= 0.3 is 0 Å². The summed E-state index contributed by atoms with van der Waals surface area (Å²) in [6.07, 6.45) is 23.2. The Morgan fingerprint density at radius 1 is 0.941 bits per heavy atom. The Kier molecular flexibility index (Phi) is 16.2. The van der Waals surface area contributed by atoms with Gasteiger partial charge in [-0.1, -0.05) is 114 Å². The fraction of sp³-hybridized carbons (Fsp3) is 0.700. The van der Waals surface area contributed by atoms with E-state index in [-0.39, 0.29) is 11.9 Å². The average Bonchev–Trinajstić information content (AvgIpc) is 3.36. The second-order valence-corrected chi connectivity index (χ2v) is 11.1. The average molecular weight is 487 g/mol. The molecule has 0 aliphatic carbocycles. The van der Waals surface area contributed by atoms with Crippen molar-refractivity contribution in [2.24, 2.45) is 0 Å². The van der Waals surface area contributed by atoms with Gasteiger partial charge in [0, 0.05) is 18.2 Å². The Bertz CT molecular complexity index is 663. The molecule has 0 radical (unpaired) electrons. The minimum atomic E-state index is -0.0611. The smallest absolute Gasteiger partial charge is 0.238 e. The molecule has 1 saturated heterocycles. The van der Waals surface area contributed by atoms with Crippen molar-refractivity contribution >= 4 is 17.7 Å². The predicted molar refractivity (Wildman–Crippen MR) is 150 cm³/mol. The van der Waals surface area contributed by atoms with Gasteiger partial charge in [0.15, 0.2) is 0 Å². The van der Waals surface area contributed by atoms with Gasteiger partial charge < -0.3 is 5.32 Å². The lowest BCUT2D eigenvalue weighted by molar-refractivity contribution is -0.122. The predicted octanol–water partition coefficient (Wildman–Crippen LogP) is 7.97. The monoisotopic (exact) mass is 486 g/mol. The Balaban J connectivity index is 1.39. The number of amides is 1. The Morgan fingerprint density at radius 3 is 2.18 bits per heavy atom. The van der Waals surface area contributed by atoms with Gasteiger partial charge in [-0.05, 0) is 37.7 Å². The number of benzene rings is 1. The van der Waals surface area contributed by atoms with E-state index in [4.69, 9.17) is 0 Å². The highest BCUT2D eigenvalue weighted by Gasteiger charge is 2.32. The first kappa shape index (κ1) is 29.0. The SMILES string of the molecule is CCCCCCCCC/C=C/CCCCCCCNC(=O)[C@@H]1CSC(C(C)c2ccccc2)N1. The molecule has 0 aromatic heterocycles. The van der Waals surface area contributed by atoms with Crippen LogP contribution >= 0.6 is 11.8 Å². The summed E-state index contributed by atoms with van der Waals surface area (Å²) in [5.74, 6) is 1.43. The van der Waals surface area contributed by atoms with Crippen LogP contribution in [0.25, 0.3) is 0 Å². The van der Waals surface area contributed by atoms with Gasteiger partial charge in [-0.25, -0.2) is 0 Å². The number of hydrogen-bond donors (Lipinski definition) is 2. The standard InChI is InChI=1S/C30H50N2OS/c1-3-4-5-6-7-8-9-10-11-12-13-14-15-16-17-21-24-31-29(33)28-25-34-30(32-28)26(2)27-22-19-18-20-23-27/h11-12,18-20,22-23,26,28,30,32H,3-10,13-17,21,24-25H2,1-2H3,(H,31,33)/b12-11+/t26?,28-,30?/m0/s1. The quantitative estimate of drug-likeness (QED) is 0.154. The molecule has 34 heavy (non-hydrogen) atoms. The van der Waals surface area contributed by atoms with Gasteiger partial charge in [0.05, 0.1) is 11.4 Å². The van der Waals surface area contributed by atoms with Gasteiger partial charge in [-0.15, -0.1) is 11.8 Å². The van der Waals surface area contributed by atoms with Crippen LogP contribution in [0.3, 0.4) is 0 Å². The highest BCUT2D eigenvalue weighted by Crippen LogP contribution is 2.31. The van der Waals surface area contributed by atoms with E-state index in [2.05, 4.69) is 67.0 Å². The van der Waals surface area contributed by atoms with Crippen molar-refractivity contribution in [2.45, 2.75) is 121 Å². The van der Waals surface area contributed by atoms with Crippen LogP contribution in [0.4, 0.5) is 0 Å². The van der Waals surface area contributed by atoms with Crippen molar-refractivity contribution in [1.29, 1.82) is 0 Å². The molecule has 1 aliphatic rings. The number of thioether (sulfide) groups is 1. The zero-order valence-corrected chi connectivity index (χ0v) is 22.7. The number of rotatable bonds is 19. The summed E-state index contributed by atoms with van der Waals surface area (Å²) in [5.41, 5.74) is 1.33. The topological polar surface area (TPSA) is 41.1 Å². The molecule has 4 heteroatoms. The summed E-state index contributed by atoms with van der Waals surface area (Å²) in [6.45, 7) is 5.33. The second kappa shape index (κ2) is 19.0. The number of unbranched alkanes of at least 4 members (excludes halogenated alkanes) is 12. The first-order valence-corrected chi connectivity index (χ1v) is 15.1. The third-order valence-corrected chi connectivity index (χ3v) is 8.32. The van der Waals surface area contributed by atoms with Crippen LogP contribution < -0.4 is 10.6 Å². The molecule has 1 heterocycles. The largest absolute Gasteiger partial charge is 0.355 e. The molecular formula is C30H50N2OS. The van der Waals surface area contributed by atoms with Crippen LogP contribution in [0, 0.1) is 0 Å². The minimum Gasteiger partial charge on any atom is -0.355 e. The summed E-state index contributed by atoms with van der Waals surface area (Å²) in [7, 11) is 0. The lowest BCUT2D eigenvalue weighted by atomic mass is 10.0. The number of allylic oxidation sites excluding steroid dienone is 2. The summed E-state index contributed by atoms with van der Waals surface area (Å²) in [6, 6.07) is 10.5. The zero-order valence-electron chi connectivity index (χ0n) is 21.9. The van der Waals surface area contributed by atoms with E-state index in [0.29, 0.717) is 11.3 Å². The van der Waals surface area contributed by atoms with Crippen molar-refractivity contribution in [2.75, 3.05) is 12.3 Å². The lowest BCUT2D eigenvalue weighted by Crippen LogP contribution is -2.45. The second-order valence-electron chi connectivity index (χ2n) is 9.90. The number of carbonyl (C=O) groups is 1. The lowest BCUT2D eigenvalue weighted by Gasteiger charge is -2.20. The third-order valence-electron chi connectivity index (χ3n) is 6.89. The molecule has 2 N–H and O–H groups in total. The van der Waals surface area contributed by atoms with E-state index in [0.717, 1.165) is 18.7 Å². The third kappa shape index (κ3) is 12.4. The molecule has 1 fully saturated rings. The molecule has 192 valence electrons. The molecule has 0 spiro atoms. The van der Waals surface area contributed by atoms with Crippen LogP contribution in [-0.4, -0.2) is 29.6 Å². The van der Waals surface area contributed by atoms with Crippen molar-refractivity contribution in [3.63, 3.8) is 0 Å². The highest BCUT2D eigenvalue weighted by atomic mass is 32.2. The maximum atomic E-state index is 12.5. The fourth-order valence-corrected chi connectivity index (χ4v) is 5.93. The van der Waals surface area contributed by atoms with E-state index < -0.39 is 0 Å². The van der Waals surface area contributed by atoms with Crippen molar-refractivity contribution in [3.8, 4) is 0 Å². The van der Waals surface area contributed by atoms with Gasteiger partial charge in [0.25, 0.3) is 0 Å². The van der Waals surface area contributed by atoms with Crippen molar-refractivity contribution in [1.82, 2.24) is 10.6 Å². The molecular weight excluding hydrogens is 436 g/mol. The van der Waals surface area contributed by atoms with Gasteiger partial charge in [0.1, 0.15) is 0 Å². The fourth-order valence-electron chi connectivity index (χ4n) is 4.57. The zero-order chi connectivity index (χ0) is 24.3. The van der Waals surface area contributed by atoms with E-state index in [1.165, 1.54) is 89.0 Å². The molecule has 3 atom stereocenters. The molecule has 0 saturated carbocycles. The minimum absolute atomic E-state index is 0.0611. The molecule has 1 aromatic rings. The first-order chi connectivity index (χ1) is 16.7. The van der Waals surface area contributed by atoms with Crippen LogP contribution in [0.1, 0.15) is 115 Å². The van der Waals surface area contributed by atoms with Crippen LogP contribution in [0.2, 0.25) is 0 Å². The summed E-state index contributed by atoms with van der Waals surface area (Å²) < 4.78 is 0. The summed E-state index contributed by atoms with van der Waals surface area (Å²) >= 11 is 1.87. The molecule has 3 nitrogen and oxygen atoms in total. The van der Waals surface area contributed by atoms with Crippen LogP contribution in [0.15, 0.2) is 42.5 Å². The molecule has 0 bridgehead atoms. The van der Waals surface area contributed by atoms with Gasteiger partial charge in [-0.2, -0.15) is 0 Å². The number of hydrogen-bond acceptors (Lipinski definition) is 3.